The number of carbonyl (C=O) groups is 1. The summed E-state index contributed by atoms with van der Waals surface area (Å²) in [5.41, 5.74) is 4.14. The number of fused-ring (bicyclic) bond motifs is 1. The Hall–Kier alpha value is -4.89. The van der Waals surface area contributed by atoms with Gasteiger partial charge in [0, 0.05) is 29.0 Å². The summed E-state index contributed by atoms with van der Waals surface area (Å²) in [5.74, 6) is 0.0126. The third kappa shape index (κ3) is 6.00. The molecule has 8 nitrogen and oxygen atoms in total. The second kappa shape index (κ2) is 11.2. The summed E-state index contributed by atoms with van der Waals surface area (Å²) in [6, 6.07) is 24.5. The third-order valence-electron chi connectivity index (χ3n) is 6.00. The molecule has 0 saturated heterocycles. The van der Waals surface area contributed by atoms with Gasteiger partial charge in [-0.15, -0.1) is 0 Å². The van der Waals surface area contributed by atoms with E-state index >= 15 is 0 Å². The maximum absolute atomic E-state index is 12.9. The van der Waals surface area contributed by atoms with Crippen LogP contribution in [0.15, 0.2) is 114 Å². The summed E-state index contributed by atoms with van der Waals surface area (Å²) in [4.78, 5) is 26.1. The van der Waals surface area contributed by atoms with Gasteiger partial charge in [0.1, 0.15) is 5.52 Å². The van der Waals surface area contributed by atoms with Crippen LogP contribution in [0.5, 0.6) is 0 Å². The van der Waals surface area contributed by atoms with Crippen LogP contribution in [0.2, 0.25) is 0 Å². The summed E-state index contributed by atoms with van der Waals surface area (Å²) >= 11 is 0. The van der Waals surface area contributed by atoms with Gasteiger partial charge in [-0.2, -0.15) is 0 Å². The van der Waals surface area contributed by atoms with Gasteiger partial charge in [0.05, 0.1) is 22.0 Å². The molecule has 0 spiro atoms. The fraction of sp³-hybridized carbons (Fsp3) is 0.0667. The Kier molecular flexibility index (Phi) is 7.42. The molecule has 0 bridgehead atoms. The molecule has 0 atom stereocenters. The van der Waals surface area contributed by atoms with Crippen molar-refractivity contribution < 1.29 is 13.2 Å². The van der Waals surface area contributed by atoms with E-state index in [1.807, 2.05) is 43.3 Å². The second-order valence-corrected chi connectivity index (χ2v) is 10.8. The van der Waals surface area contributed by atoms with E-state index in [0.29, 0.717) is 28.3 Å². The first-order valence-corrected chi connectivity index (χ1v) is 13.8. The molecule has 1 amide bonds. The van der Waals surface area contributed by atoms with Crippen molar-refractivity contribution in [1.29, 1.82) is 0 Å². The smallest absolute Gasteiger partial charge is 0.255 e. The van der Waals surface area contributed by atoms with Crippen molar-refractivity contribution in [3.8, 4) is 11.4 Å². The minimum absolute atomic E-state index is 0.155. The van der Waals surface area contributed by atoms with Gasteiger partial charge in [-0.25, -0.2) is 13.4 Å². The summed E-state index contributed by atoms with van der Waals surface area (Å²) in [6.07, 6.45) is 6.48. The third-order valence-corrected chi connectivity index (χ3v) is 7.62. The van der Waals surface area contributed by atoms with E-state index in [0.717, 1.165) is 16.6 Å². The van der Waals surface area contributed by atoms with Crippen LogP contribution < -0.4 is 10.6 Å². The van der Waals surface area contributed by atoms with Crippen molar-refractivity contribution in [3.63, 3.8) is 0 Å². The fourth-order valence-electron chi connectivity index (χ4n) is 4.01. The van der Waals surface area contributed by atoms with Crippen LogP contribution >= 0.6 is 0 Å². The maximum atomic E-state index is 12.9. The lowest BCUT2D eigenvalue weighted by Gasteiger charge is -2.10. The minimum Gasteiger partial charge on any atom is -0.345 e. The molecule has 0 fully saturated rings. The van der Waals surface area contributed by atoms with Gasteiger partial charge in [0.15, 0.2) is 15.7 Å². The average Bonchev–Trinajstić information content (AvgIpc) is 2.96. The Bertz CT molecular complexity index is 1770. The first kappa shape index (κ1) is 25.7. The van der Waals surface area contributed by atoms with Crippen LogP contribution in [-0.4, -0.2) is 35.0 Å². The van der Waals surface area contributed by atoms with Crippen LogP contribution in [0.25, 0.3) is 22.3 Å². The molecule has 0 radical (unpaired) electrons. The van der Waals surface area contributed by atoms with Gasteiger partial charge >= 0.3 is 0 Å². The molecule has 0 aliphatic rings. The number of aryl methyl sites for hydroxylation is 1. The topological polar surface area (TPSA) is 114 Å². The lowest BCUT2D eigenvalue weighted by Crippen LogP contribution is -2.12. The number of anilines is 2. The number of nitrogens with one attached hydrogen (secondary N) is 2. The average molecular weight is 536 g/mol. The molecule has 3 aromatic heterocycles. The molecule has 2 aromatic carbocycles. The van der Waals surface area contributed by atoms with Crippen molar-refractivity contribution in [2.45, 2.75) is 11.8 Å². The number of benzene rings is 2. The fourth-order valence-corrected chi connectivity index (χ4v) is 5.10. The van der Waals surface area contributed by atoms with Gasteiger partial charge in [0.25, 0.3) is 5.91 Å². The Labute approximate surface area is 226 Å². The van der Waals surface area contributed by atoms with Crippen molar-refractivity contribution >= 4 is 38.2 Å². The van der Waals surface area contributed by atoms with Gasteiger partial charge in [-0.05, 0) is 73.3 Å². The number of pyridine rings is 3. The number of hydrogen-bond donors (Lipinski definition) is 2. The van der Waals surface area contributed by atoms with Crippen LogP contribution in [0.1, 0.15) is 15.9 Å². The van der Waals surface area contributed by atoms with Crippen molar-refractivity contribution in [2.24, 2.45) is 0 Å². The highest BCUT2D eigenvalue weighted by Gasteiger charge is 2.14. The molecule has 2 N–H and O–H groups in total. The Morgan fingerprint density at radius 2 is 1.64 bits per heavy atom. The number of rotatable bonds is 8. The van der Waals surface area contributed by atoms with E-state index in [1.165, 1.54) is 18.2 Å². The molecule has 0 saturated carbocycles. The molecule has 0 aliphatic carbocycles. The first-order chi connectivity index (χ1) is 18.9. The monoisotopic (exact) mass is 535 g/mol. The van der Waals surface area contributed by atoms with Crippen LogP contribution in [0.4, 0.5) is 11.5 Å². The molecule has 0 unspecified atom stereocenters. The van der Waals surface area contributed by atoms with Crippen molar-refractivity contribution in [1.82, 2.24) is 15.0 Å². The van der Waals surface area contributed by atoms with Gasteiger partial charge in [-0.1, -0.05) is 36.4 Å². The zero-order chi connectivity index (χ0) is 27.2. The number of hydrogen-bond acceptors (Lipinski definition) is 7. The zero-order valence-electron chi connectivity index (χ0n) is 21.1. The normalized spacial score (nSPS) is 11.5. The van der Waals surface area contributed by atoms with Gasteiger partial charge in [0.2, 0.25) is 0 Å². The number of amides is 1. The highest BCUT2D eigenvalue weighted by molar-refractivity contribution is 7.91. The maximum Gasteiger partial charge on any atom is 0.255 e. The van der Waals surface area contributed by atoms with Gasteiger partial charge in [-0.3, -0.25) is 14.8 Å². The van der Waals surface area contributed by atoms with E-state index in [2.05, 4.69) is 20.6 Å². The molecule has 5 rings (SSSR count). The molecule has 3 heterocycles. The lowest BCUT2D eigenvalue weighted by molar-refractivity contribution is 0.102. The number of sulfone groups is 1. The molecular formula is C30H25N5O3S. The summed E-state index contributed by atoms with van der Waals surface area (Å²) < 4.78 is 25.8. The molecular weight excluding hydrogens is 510 g/mol. The zero-order valence-corrected chi connectivity index (χ0v) is 21.9. The predicted octanol–water partition coefficient (Wildman–Crippen LogP) is 5.65. The van der Waals surface area contributed by atoms with E-state index < -0.39 is 9.84 Å². The van der Waals surface area contributed by atoms with Crippen molar-refractivity contribution in [3.05, 3.63) is 121 Å². The van der Waals surface area contributed by atoms with E-state index in [-0.39, 0.29) is 16.6 Å². The largest absolute Gasteiger partial charge is 0.345 e. The number of aromatic nitrogens is 3. The first-order valence-electron chi connectivity index (χ1n) is 12.2. The lowest BCUT2D eigenvalue weighted by atomic mass is 10.1. The van der Waals surface area contributed by atoms with Gasteiger partial charge < -0.3 is 10.6 Å². The highest BCUT2D eigenvalue weighted by Crippen LogP contribution is 2.27. The van der Waals surface area contributed by atoms with E-state index in [1.54, 1.807) is 55.0 Å². The molecule has 194 valence electrons. The minimum atomic E-state index is -3.60. The summed E-state index contributed by atoms with van der Waals surface area (Å²) in [6.45, 7) is 1.97. The van der Waals surface area contributed by atoms with Crippen LogP contribution in [0, 0.1) is 6.92 Å². The van der Waals surface area contributed by atoms with E-state index in [4.69, 9.17) is 4.98 Å². The van der Waals surface area contributed by atoms with Crippen LogP contribution in [0.3, 0.4) is 0 Å². The van der Waals surface area contributed by atoms with Crippen molar-refractivity contribution in [2.75, 3.05) is 16.4 Å². The second-order valence-electron chi connectivity index (χ2n) is 8.77. The molecule has 39 heavy (non-hydrogen) atoms. The molecule has 0 aliphatic heterocycles. The van der Waals surface area contributed by atoms with Crippen LogP contribution in [-0.2, 0) is 9.84 Å². The summed E-state index contributed by atoms with van der Waals surface area (Å²) in [5, 5.41) is 6.75. The predicted molar refractivity (Wildman–Crippen MR) is 153 cm³/mol. The Morgan fingerprint density at radius 1 is 0.897 bits per heavy atom. The summed E-state index contributed by atoms with van der Waals surface area (Å²) in [7, 11) is -3.60. The van der Waals surface area contributed by atoms with E-state index in [9.17, 15) is 13.2 Å². The molecule has 9 heteroatoms. The number of nitrogens with zero attached hydrogens (tertiary/aromatic N) is 3. The Balaban J connectivity index is 1.29. The SMILES string of the molecule is Cc1cccnc1-c1cc2cccnc2c(NC=CCS(=O)(=O)c2ccc(NC(=O)c3ccccc3)cc2)n1. The molecule has 5 aromatic rings. The number of carbonyl (C=O) groups excluding carboxylic acids is 1. The Morgan fingerprint density at radius 3 is 2.41 bits per heavy atom. The highest BCUT2D eigenvalue weighted by atomic mass is 32.2. The standard InChI is InChI=1S/C30H25N5O3S/c1-21-8-5-16-31-27(21)26-20-23-11-6-17-32-28(23)29(35-26)33-18-7-19-39(37,38)25-14-12-24(13-15-25)34-30(36)22-9-3-2-4-10-22/h2-18,20H,19H2,1H3,(H,33,35)(H,34,36). The quantitative estimate of drug-likeness (QED) is 0.264.